The molecule has 1 fully saturated rings. The van der Waals surface area contributed by atoms with Gasteiger partial charge in [0, 0.05) is 48.5 Å². The lowest BCUT2D eigenvalue weighted by atomic mass is 9.89. The molecule has 0 amide bonds. The molecule has 2 aromatic carbocycles. The van der Waals surface area contributed by atoms with E-state index in [1.807, 2.05) is 6.07 Å². The lowest BCUT2D eigenvalue weighted by Crippen LogP contribution is -2.44. The summed E-state index contributed by atoms with van der Waals surface area (Å²) in [6.07, 6.45) is -3.25. The zero-order chi connectivity index (χ0) is 20.0. The zero-order valence-electron chi connectivity index (χ0n) is 16.1. The molecule has 4 nitrogen and oxygen atoms in total. The fourth-order valence-corrected chi connectivity index (χ4v) is 5.04. The van der Waals surface area contributed by atoms with Crippen molar-refractivity contribution in [3.63, 3.8) is 0 Å². The van der Waals surface area contributed by atoms with Gasteiger partial charge in [-0.2, -0.15) is 13.2 Å². The lowest BCUT2D eigenvalue weighted by molar-refractivity contribution is -0.138. The molecule has 0 bridgehead atoms. The number of alkyl halides is 3. The Morgan fingerprint density at radius 2 is 2.07 bits per heavy atom. The van der Waals surface area contributed by atoms with Crippen LogP contribution in [0.2, 0.25) is 0 Å². The van der Waals surface area contributed by atoms with Crippen molar-refractivity contribution in [1.29, 1.82) is 0 Å². The van der Waals surface area contributed by atoms with Crippen molar-refractivity contribution in [2.24, 2.45) is 0 Å². The van der Waals surface area contributed by atoms with E-state index in [1.165, 1.54) is 23.4 Å². The van der Waals surface area contributed by atoms with E-state index < -0.39 is 11.7 Å². The van der Waals surface area contributed by atoms with Crippen molar-refractivity contribution in [1.82, 2.24) is 5.32 Å². The second-order valence-electron chi connectivity index (χ2n) is 7.99. The fourth-order valence-electron chi connectivity index (χ4n) is 5.04. The molecule has 0 spiro atoms. The normalized spacial score (nSPS) is 23.3. The zero-order valence-corrected chi connectivity index (χ0v) is 16.1. The summed E-state index contributed by atoms with van der Waals surface area (Å²) in [4.78, 5) is 2.49. The van der Waals surface area contributed by atoms with E-state index in [2.05, 4.69) is 21.6 Å². The first-order chi connectivity index (χ1) is 14.0. The molecule has 3 heterocycles. The quantitative estimate of drug-likeness (QED) is 0.809. The number of rotatable bonds is 3. The van der Waals surface area contributed by atoms with Crippen LogP contribution in [0, 0.1) is 0 Å². The number of piperidine rings is 1. The molecule has 29 heavy (non-hydrogen) atoms. The van der Waals surface area contributed by atoms with Gasteiger partial charge in [0.2, 0.25) is 0 Å². The molecule has 7 heteroatoms. The molecule has 0 unspecified atom stereocenters. The maximum atomic E-state index is 13.3. The minimum absolute atomic E-state index is 0.130. The van der Waals surface area contributed by atoms with Crippen molar-refractivity contribution in [3.8, 4) is 0 Å². The SMILES string of the molecule is FC(F)(F)c1ccccc1CNc1cc2c3c(c1)[C@@H]1CNCC[C@@H]1N3CCOC2. The topological polar surface area (TPSA) is 36.5 Å². The summed E-state index contributed by atoms with van der Waals surface area (Å²) < 4.78 is 45.7. The molecule has 0 aliphatic carbocycles. The van der Waals surface area contributed by atoms with E-state index in [9.17, 15) is 13.2 Å². The number of hydrogen-bond donors (Lipinski definition) is 2. The first kappa shape index (κ1) is 18.8. The largest absolute Gasteiger partial charge is 0.416 e. The number of hydrogen-bond acceptors (Lipinski definition) is 4. The molecule has 0 aromatic heterocycles. The molecular formula is C22H24F3N3O. The average Bonchev–Trinajstić information content (AvgIpc) is 2.87. The summed E-state index contributed by atoms with van der Waals surface area (Å²) in [5.41, 5.74) is 4.21. The van der Waals surface area contributed by atoms with Gasteiger partial charge in [-0.25, -0.2) is 0 Å². The second-order valence-corrected chi connectivity index (χ2v) is 7.99. The van der Waals surface area contributed by atoms with Gasteiger partial charge < -0.3 is 20.3 Å². The Morgan fingerprint density at radius 3 is 2.93 bits per heavy atom. The predicted octanol–water partition coefficient (Wildman–Crippen LogP) is 4.11. The molecule has 5 rings (SSSR count). The Labute approximate surface area is 168 Å². The Morgan fingerprint density at radius 1 is 1.21 bits per heavy atom. The Kier molecular flexibility index (Phi) is 4.67. The number of benzene rings is 2. The molecule has 3 aliphatic heterocycles. The Balaban J connectivity index is 1.46. The average molecular weight is 403 g/mol. The minimum atomic E-state index is -4.35. The fraction of sp³-hybridized carbons (Fsp3) is 0.455. The van der Waals surface area contributed by atoms with Crippen LogP contribution in [0.4, 0.5) is 24.5 Å². The van der Waals surface area contributed by atoms with E-state index in [4.69, 9.17) is 4.74 Å². The summed E-state index contributed by atoms with van der Waals surface area (Å²) in [6.45, 7) is 4.22. The molecule has 0 radical (unpaired) electrons. The molecule has 1 saturated heterocycles. The minimum Gasteiger partial charge on any atom is -0.381 e. The van der Waals surface area contributed by atoms with Gasteiger partial charge in [-0.15, -0.1) is 0 Å². The number of nitrogens with zero attached hydrogens (tertiary/aromatic N) is 1. The van der Waals surface area contributed by atoms with Gasteiger partial charge in [-0.3, -0.25) is 0 Å². The monoisotopic (exact) mass is 403 g/mol. The van der Waals surface area contributed by atoms with E-state index in [-0.39, 0.29) is 12.1 Å². The lowest BCUT2D eigenvalue weighted by Gasteiger charge is -2.33. The summed E-state index contributed by atoms with van der Waals surface area (Å²) in [7, 11) is 0. The standard InChI is InChI=1S/C22H24F3N3O/c23-22(24,25)19-4-2-1-3-14(19)11-27-16-9-15-13-29-8-7-28-20-5-6-26-12-18(20)17(10-16)21(15)28/h1-4,9-10,18,20,26-27H,5-8,11-13H2/t18-,20-/m0/s1. The number of anilines is 2. The van der Waals surface area contributed by atoms with Crippen molar-refractivity contribution in [2.45, 2.75) is 37.7 Å². The van der Waals surface area contributed by atoms with Gasteiger partial charge in [-0.1, -0.05) is 18.2 Å². The van der Waals surface area contributed by atoms with Crippen molar-refractivity contribution < 1.29 is 17.9 Å². The number of halogens is 3. The first-order valence-electron chi connectivity index (χ1n) is 10.1. The Bertz CT molecular complexity index is 915. The van der Waals surface area contributed by atoms with Gasteiger partial charge in [0.25, 0.3) is 0 Å². The van der Waals surface area contributed by atoms with Gasteiger partial charge in [0.05, 0.1) is 18.8 Å². The molecule has 3 aliphatic rings. The maximum absolute atomic E-state index is 13.3. The van der Waals surface area contributed by atoms with Crippen molar-refractivity contribution in [3.05, 3.63) is 58.7 Å². The summed E-state index contributed by atoms with van der Waals surface area (Å²) >= 11 is 0. The molecule has 2 aromatic rings. The molecule has 0 saturated carbocycles. The van der Waals surface area contributed by atoms with Gasteiger partial charge in [-0.05, 0) is 42.3 Å². The highest BCUT2D eigenvalue weighted by atomic mass is 19.4. The molecule has 2 atom stereocenters. The van der Waals surface area contributed by atoms with Crippen LogP contribution in [0.15, 0.2) is 36.4 Å². The van der Waals surface area contributed by atoms with Crippen molar-refractivity contribution in [2.75, 3.05) is 36.5 Å². The highest BCUT2D eigenvalue weighted by Crippen LogP contribution is 2.47. The summed E-state index contributed by atoms with van der Waals surface area (Å²) in [6, 6.07) is 10.4. The number of nitrogens with one attached hydrogen (secondary N) is 2. The van der Waals surface area contributed by atoms with Crippen molar-refractivity contribution >= 4 is 11.4 Å². The van der Waals surface area contributed by atoms with Crippen LogP contribution in [0.25, 0.3) is 0 Å². The van der Waals surface area contributed by atoms with Gasteiger partial charge in [0.15, 0.2) is 0 Å². The van der Waals surface area contributed by atoms with Crippen LogP contribution < -0.4 is 15.5 Å². The van der Waals surface area contributed by atoms with Crippen LogP contribution in [0.5, 0.6) is 0 Å². The van der Waals surface area contributed by atoms with Gasteiger partial charge >= 0.3 is 6.18 Å². The second kappa shape index (κ2) is 7.22. The third-order valence-corrected chi connectivity index (χ3v) is 6.29. The van der Waals surface area contributed by atoms with Crippen LogP contribution in [-0.2, 0) is 24.1 Å². The van der Waals surface area contributed by atoms with E-state index in [0.29, 0.717) is 25.2 Å². The molecular weight excluding hydrogens is 379 g/mol. The third-order valence-electron chi connectivity index (χ3n) is 6.29. The van der Waals surface area contributed by atoms with Crippen LogP contribution >= 0.6 is 0 Å². The number of ether oxygens (including phenoxy) is 1. The molecule has 2 N–H and O–H groups in total. The highest BCUT2D eigenvalue weighted by Gasteiger charge is 2.42. The molecule has 154 valence electrons. The number of fused-ring (bicyclic) bond motifs is 3. The maximum Gasteiger partial charge on any atom is 0.416 e. The van der Waals surface area contributed by atoms with E-state index in [0.717, 1.165) is 43.4 Å². The van der Waals surface area contributed by atoms with Crippen LogP contribution in [0.1, 0.15) is 34.6 Å². The van der Waals surface area contributed by atoms with E-state index in [1.54, 1.807) is 6.07 Å². The summed E-state index contributed by atoms with van der Waals surface area (Å²) in [5.74, 6) is 0.416. The van der Waals surface area contributed by atoms with Gasteiger partial charge in [0.1, 0.15) is 0 Å². The first-order valence-corrected chi connectivity index (χ1v) is 10.1. The Hall–Kier alpha value is -2.25. The summed E-state index contributed by atoms with van der Waals surface area (Å²) in [5, 5.41) is 6.73. The smallest absolute Gasteiger partial charge is 0.381 e. The third kappa shape index (κ3) is 3.36. The van der Waals surface area contributed by atoms with Crippen LogP contribution in [-0.4, -0.2) is 32.3 Å². The highest BCUT2D eigenvalue weighted by molar-refractivity contribution is 5.72. The van der Waals surface area contributed by atoms with Crippen LogP contribution in [0.3, 0.4) is 0 Å². The predicted molar refractivity (Wildman–Crippen MR) is 106 cm³/mol. The van der Waals surface area contributed by atoms with E-state index >= 15 is 0 Å².